The third-order valence-corrected chi connectivity index (χ3v) is 3.43. The van der Waals surface area contributed by atoms with Gasteiger partial charge in [0.05, 0.1) is 6.61 Å². The number of aliphatic hydroxyl groups excluding tert-OH is 1. The average molecular weight is 257 g/mol. The van der Waals surface area contributed by atoms with Crippen molar-refractivity contribution in [2.45, 2.75) is 26.7 Å². The highest BCUT2D eigenvalue weighted by atomic mass is 16.2. The normalized spacial score (nSPS) is 19.2. The summed E-state index contributed by atoms with van der Waals surface area (Å²) in [5.74, 6) is 6.04. The van der Waals surface area contributed by atoms with Gasteiger partial charge >= 0.3 is 0 Å². The highest BCUT2D eigenvalue weighted by Crippen LogP contribution is 2.51. The van der Waals surface area contributed by atoms with E-state index in [-0.39, 0.29) is 23.8 Å². The molecule has 1 amide bonds. The summed E-state index contributed by atoms with van der Waals surface area (Å²) in [7, 11) is 0. The number of nitrogens with one attached hydrogen (secondary N) is 1. The van der Waals surface area contributed by atoms with Crippen molar-refractivity contribution in [3.05, 3.63) is 29.8 Å². The standard InChI is InChI=1S/C16H19NO2/c1-16(2)11-14(16)15(19)17-13-8-5-7-12(10-13)6-3-4-9-18/h5,7-8,10,14,18H,4,9,11H2,1-2H3,(H,17,19). The minimum atomic E-state index is 0.0696. The van der Waals surface area contributed by atoms with Gasteiger partial charge in [0.15, 0.2) is 0 Å². The number of hydrogen-bond acceptors (Lipinski definition) is 2. The Kier molecular flexibility index (Phi) is 3.92. The van der Waals surface area contributed by atoms with Crippen molar-refractivity contribution in [2.24, 2.45) is 11.3 Å². The van der Waals surface area contributed by atoms with Crippen LogP contribution in [0.2, 0.25) is 0 Å². The van der Waals surface area contributed by atoms with E-state index in [2.05, 4.69) is 31.0 Å². The molecule has 1 unspecified atom stereocenters. The number of benzene rings is 1. The first-order valence-electron chi connectivity index (χ1n) is 6.53. The van der Waals surface area contributed by atoms with Crippen LogP contribution in [0.3, 0.4) is 0 Å². The van der Waals surface area contributed by atoms with Gasteiger partial charge in [-0.15, -0.1) is 0 Å². The average Bonchev–Trinajstić information content (AvgIpc) is 3.00. The predicted octanol–water partition coefficient (Wildman–Crippen LogP) is 2.41. The Morgan fingerprint density at radius 1 is 1.53 bits per heavy atom. The fraction of sp³-hybridized carbons (Fsp3) is 0.438. The fourth-order valence-electron chi connectivity index (χ4n) is 2.04. The van der Waals surface area contributed by atoms with Crippen molar-refractivity contribution >= 4 is 11.6 Å². The van der Waals surface area contributed by atoms with E-state index >= 15 is 0 Å². The SMILES string of the molecule is CC1(C)CC1C(=O)Nc1cccc(C#CCCO)c1. The lowest BCUT2D eigenvalue weighted by molar-refractivity contribution is -0.117. The first-order valence-corrected chi connectivity index (χ1v) is 6.53. The zero-order valence-corrected chi connectivity index (χ0v) is 11.4. The summed E-state index contributed by atoms with van der Waals surface area (Å²) < 4.78 is 0. The van der Waals surface area contributed by atoms with Gasteiger partial charge in [0.25, 0.3) is 0 Å². The fourth-order valence-corrected chi connectivity index (χ4v) is 2.04. The monoisotopic (exact) mass is 257 g/mol. The van der Waals surface area contributed by atoms with E-state index in [0.29, 0.717) is 6.42 Å². The van der Waals surface area contributed by atoms with Crippen molar-refractivity contribution in [1.29, 1.82) is 0 Å². The molecule has 1 atom stereocenters. The van der Waals surface area contributed by atoms with E-state index in [4.69, 9.17) is 5.11 Å². The predicted molar refractivity (Wildman–Crippen MR) is 75.5 cm³/mol. The van der Waals surface area contributed by atoms with Crippen LogP contribution in [0.25, 0.3) is 0 Å². The van der Waals surface area contributed by atoms with Gasteiger partial charge in [-0.3, -0.25) is 4.79 Å². The van der Waals surface area contributed by atoms with Gasteiger partial charge in [0.1, 0.15) is 0 Å². The number of carbonyl (C=O) groups excluding carboxylic acids is 1. The Bertz CT molecular complexity index is 537. The number of hydrogen-bond donors (Lipinski definition) is 2. The second kappa shape index (κ2) is 5.46. The Labute approximate surface area is 114 Å². The van der Waals surface area contributed by atoms with Crippen molar-refractivity contribution in [2.75, 3.05) is 11.9 Å². The molecule has 0 aliphatic heterocycles. The molecule has 3 nitrogen and oxygen atoms in total. The van der Waals surface area contributed by atoms with Gasteiger partial charge in [-0.05, 0) is 30.0 Å². The first-order chi connectivity index (χ1) is 9.03. The van der Waals surface area contributed by atoms with Crippen LogP contribution in [0.15, 0.2) is 24.3 Å². The highest BCUT2D eigenvalue weighted by molar-refractivity contribution is 5.95. The van der Waals surface area contributed by atoms with E-state index in [0.717, 1.165) is 17.7 Å². The molecule has 2 N–H and O–H groups in total. The lowest BCUT2D eigenvalue weighted by Crippen LogP contribution is -2.16. The van der Waals surface area contributed by atoms with Gasteiger partial charge in [-0.2, -0.15) is 0 Å². The molecule has 1 fully saturated rings. The first kappa shape index (κ1) is 13.6. The maximum Gasteiger partial charge on any atom is 0.228 e. The van der Waals surface area contributed by atoms with Crippen LogP contribution in [0.4, 0.5) is 5.69 Å². The second-order valence-electron chi connectivity index (χ2n) is 5.59. The quantitative estimate of drug-likeness (QED) is 0.817. The van der Waals surface area contributed by atoms with Gasteiger partial charge in [-0.25, -0.2) is 0 Å². The van der Waals surface area contributed by atoms with Gasteiger partial charge in [0.2, 0.25) is 5.91 Å². The number of amides is 1. The van der Waals surface area contributed by atoms with Crippen LogP contribution in [0.5, 0.6) is 0 Å². The Balaban J connectivity index is 2.00. The van der Waals surface area contributed by atoms with Crippen LogP contribution in [0.1, 0.15) is 32.3 Å². The molecule has 1 aromatic carbocycles. The molecular formula is C16H19NO2. The largest absolute Gasteiger partial charge is 0.395 e. The summed E-state index contributed by atoms with van der Waals surface area (Å²) in [4.78, 5) is 12.0. The summed E-state index contributed by atoms with van der Waals surface area (Å²) in [5, 5.41) is 11.6. The minimum absolute atomic E-state index is 0.0696. The van der Waals surface area contributed by atoms with Gasteiger partial charge < -0.3 is 10.4 Å². The molecule has 1 saturated carbocycles. The Hall–Kier alpha value is -1.79. The van der Waals surface area contributed by atoms with Crippen molar-refractivity contribution < 1.29 is 9.90 Å². The Morgan fingerprint density at radius 2 is 2.26 bits per heavy atom. The molecular weight excluding hydrogens is 238 g/mol. The summed E-state index contributed by atoms with van der Waals surface area (Å²) >= 11 is 0. The number of anilines is 1. The zero-order valence-electron chi connectivity index (χ0n) is 11.4. The summed E-state index contributed by atoms with van der Waals surface area (Å²) in [6.45, 7) is 4.28. The molecule has 0 aromatic heterocycles. The molecule has 100 valence electrons. The molecule has 19 heavy (non-hydrogen) atoms. The molecule has 1 aliphatic rings. The number of rotatable bonds is 3. The highest BCUT2D eigenvalue weighted by Gasteiger charge is 2.50. The summed E-state index contributed by atoms with van der Waals surface area (Å²) in [6, 6.07) is 7.49. The van der Waals surface area contributed by atoms with E-state index < -0.39 is 0 Å². The molecule has 0 saturated heterocycles. The van der Waals surface area contributed by atoms with Crippen LogP contribution < -0.4 is 5.32 Å². The topological polar surface area (TPSA) is 49.3 Å². The molecule has 3 heteroatoms. The zero-order chi connectivity index (χ0) is 13.9. The number of aliphatic hydroxyl groups is 1. The third-order valence-electron chi connectivity index (χ3n) is 3.43. The lowest BCUT2D eigenvalue weighted by Gasteiger charge is -2.06. The van der Waals surface area contributed by atoms with E-state index in [9.17, 15) is 4.79 Å². The van der Waals surface area contributed by atoms with Crippen molar-refractivity contribution in [3.8, 4) is 11.8 Å². The third kappa shape index (κ3) is 3.59. The minimum Gasteiger partial charge on any atom is -0.395 e. The molecule has 0 heterocycles. The van der Waals surface area contributed by atoms with Crippen LogP contribution >= 0.6 is 0 Å². The lowest BCUT2D eigenvalue weighted by atomic mass is 10.1. The van der Waals surface area contributed by atoms with Crippen LogP contribution in [-0.4, -0.2) is 17.6 Å². The van der Waals surface area contributed by atoms with Crippen molar-refractivity contribution in [3.63, 3.8) is 0 Å². The van der Waals surface area contributed by atoms with E-state index in [1.165, 1.54) is 0 Å². The van der Waals surface area contributed by atoms with E-state index in [1.54, 1.807) is 0 Å². The summed E-state index contributed by atoms with van der Waals surface area (Å²) in [5.41, 5.74) is 1.77. The molecule has 0 bridgehead atoms. The van der Waals surface area contributed by atoms with E-state index in [1.807, 2.05) is 24.3 Å². The Morgan fingerprint density at radius 3 is 2.89 bits per heavy atom. The summed E-state index contributed by atoms with van der Waals surface area (Å²) in [6.07, 6.45) is 1.42. The van der Waals surface area contributed by atoms with Crippen LogP contribution in [-0.2, 0) is 4.79 Å². The second-order valence-corrected chi connectivity index (χ2v) is 5.59. The number of carbonyl (C=O) groups is 1. The molecule has 1 aromatic rings. The molecule has 2 rings (SSSR count). The maximum atomic E-state index is 12.0. The molecule has 0 spiro atoms. The maximum absolute atomic E-state index is 12.0. The smallest absolute Gasteiger partial charge is 0.228 e. The van der Waals surface area contributed by atoms with Crippen molar-refractivity contribution in [1.82, 2.24) is 0 Å². The van der Waals surface area contributed by atoms with Gasteiger partial charge in [0, 0.05) is 23.6 Å². The van der Waals surface area contributed by atoms with Crippen LogP contribution in [0, 0.1) is 23.2 Å². The van der Waals surface area contributed by atoms with Gasteiger partial charge in [-0.1, -0.05) is 31.8 Å². The molecule has 1 aliphatic carbocycles. The molecule has 0 radical (unpaired) electrons.